The van der Waals surface area contributed by atoms with Crippen molar-refractivity contribution in [1.82, 2.24) is 4.98 Å². The molecule has 2 atom stereocenters. The Morgan fingerprint density at radius 1 is 1.23 bits per heavy atom. The topological polar surface area (TPSA) is 68.7 Å². The summed E-state index contributed by atoms with van der Waals surface area (Å²) in [7, 11) is 0. The molecule has 1 N–H and O–H groups in total. The van der Waals surface area contributed by atoms with Crippen molar-refractivity contribution in [3.8, 4) is 16.7 Å². The van der Waals surface area contributed by atoms with E-state index in [4.69, 9.17) is 21.1 Å². The number of halogens is 1. The molecule has 0 aliphatic rings. The lowest BCUT2D eigenvalue weighted by Crippen LogP contribution is -2.30. The number of hydrogen-bond donors (Lipinski definition) is 1. The fourth-order valence-corrected chi connectivity index (χ4v) is 3.47. The quantitative estimate of drug-likeness (QED) is 0.623. The summed E-state index contributed by atoms with van der Waals surface area (Å²) in [4.78, 5) is 15.5. The second-order valence-electron chi connectivity index (χ2n) is 5.96. The number of aliphatic hydroxyl groups is 1. The maximum absolute atomic E-state index is 11.1. The summed E-state index contributed by atoms with van der Waals surface area (Å²) in [5, 5.41) is 11.1. The van der Waals surface area contributed by atoms with E-state index in [1.54, 1.807) is 37.3 Å². The molecule has 0 fully saturated rings. The van der Waals surface area contributed by atoms with Crippen LogP contribution in [0.3, 0.4) is 0 Å². The van der Waals surface area contributed by atoms with E-state index in [1.165, 1.54) is 18.3 Å². The molecule has 1 heterocycles. The highest BCUT2D eigenvalue weighted by molar-refractivity contribution is 7.20. The highest BCUT2D eigenvalue weighted by atomic mass is 35.5. The van der Waals surface area contributed by atoms with Crippen LogP contribution in [0.4, 0.5) is 0 Å². The summed E-state index contributed by atoms with van der Waals surface area (Å²) < 4.78 is 12.4. The molecule has 0 aliphatic carbocycles. The van der Waals surface area contributed by atoms with Gasteiger partial charge in [-0.2, -0.15) is 0 Å². The van der Waals surface area contributed by atoms with E-state index in [0.29, 0.717) is 21.7 Å². The number of nitrogens with zero attached hydrogens (tertiary/aromatic N) is 1. The first kappa shape index (κ1) is 18.6. The van der Waals surface area contributed by atoms with Crippen molar-refractivity contribution in [3.63, 3.8) is 0 Å². The van der Waals surface area contributed by atoms with Gasteiger partial charge in [-0.1, -0.05) is 22.9 Å². The van der Waals surface area contributed by atoms with Gasteiger partial charge in [0.2, 0.25) is 0 Å². The molecule has 0 radical (unpaired) electrons. The van der Waals surface area contributed by atoms with Gasteiger partial charge in [-0.25, -0.2) is 4.98 Å². The van der Waals surface area contributed by atoms with Gasteiger partial charge < -0.3 is 14.6 Å². The average Bonchev–Trinajstić information content (AvgIpc) is 2.97. The molecule has 5 nitrogen and oxygen atoms in total. The summed E-state index contributed by atoms with van der Waals surface area (Å²) >= 11 is 7.40. The SMILES string of the molecule is CC(=O)CC(O)C(C)Oc1ccc(Oc2nc3ccc(Cl)cc3s2)cc1. The summed E-state index contributed by atoms with van der Waals surface area (Å²) in [6, 6.07) is 12.5. The first-order valence-corrected chi connectivity index (χ1v) is 9.28. The van der Waals surface area contributed by atoms with E-state index in [9.17, 15) is 9.90 Å². The van der Waals surface area contributed by atoms with Crippen LogP contribution in [0.15, 0.2) is 42.5 Å². The Kier molecular flexibility index (Phi) is 5.76. The number of fused-ring (bicyclic) bond motifs is 1. The van der Waals surface area contributed by atoms with Crippen molar-refractivity contribution in [3.05, 3.63) is 47.5 Å². The van der Waals surface area contributed by atoms with Crippen molar-refractivity contribution >= 4 is 38.9 Å². The lowest BCUT2D eigenvalue weighted by molar-refractivity contribution is -0.120. The van der Waals surface area contributed by atoms with Crippen molar-refractivity contribution < 1.29 is 19.4 Å². The van der Waals surface area contributed by atoms with Gasteiger partial charge in [0, 0.05) is 11.4 Å². The van der Waals surface area contributed by atoms with Crippen molar-refractivity contribution in [1.29, 1.82) is 0 Å². The number of ether oxygens (including phenoxy) is 2. The van der Waals surface area contributed by atoms with Crippen molar-refractivity contribution in [2.45, 2.75) is 32.5 Å². The van der Waals surface area contributed by atoms with E-state index in [1.807, 2.05) is 12.1 Å². The number of aromatic nitrogens is 1. The normalized spacial score (nSPS) is 13.4. The fraction of sp³-hybridized carbons (Fsp3) is 0.263. The summed E-state index contributed by atoms with van der Waals surface area (Å²) in [5.41, 5.74) is 0.836. The lowest BCUT2D eigenvalue weighted by atomic mass is 10.1. The van der Waals surface area contributed by atoms with Crippen LogP contribution in [0.1, 0.15) is 20.3 Å². The van der Waals surface area contributed by atoms with E-state index in [2.05, 4.69) is 4.98 Å². The number of benzene rings is 2. The molecular formula is C19H18ClNO4S. The second kappa shape index (κ2) is 8.03. The van der Waals surface area contributed by atoms with Crippen LogP contribution in [-0.4, -0.2) is 28.1 Å². The van der Waals surface area contributed by atoms with Crippen LogP contribution in [0.25, 0.3) is 10.2 Å². The zero-order valence-corrected chi connectivity index (χ0v) is 15.9. The minimum absolute atomic E-state index is 0.0734. The third-order valence-corrected chi connectivity index (χ3v) is 4.85. The van der Waals surface area contributed by atoms with Gasteiger partial charge in [0.25, 0.3) is 5.19 Å². The maximum Gasteiger partial charge on any atom is 0.279 e. The highest BCUT2D eigenvalue weighted by Gasteiger charge is 2.17. The van der Waals surface area contributed by atoms with Gasteiger partial charge in [-0.05, 0) is 56.3 Å². The molecular weight excluding hydrogens is 374 g/mol. The molecule has 136 valence electrons. The van der Waals surface area contributed by atoms with E-state index in [0.717, 1.165) is 10.2 Å². The zero-order chi connectivity index (χ0) is 18.7. The Morgan fingerprint density at radius 3 is 2.62 bits per heavy atom. The molecule has 3 rings (SSSR count). The molecule has 1 aromatic heterocycles. The Hall–Kier alpha value is -2.15. The number of aliphatic hydroxyl groups excluding tert-OH is 1. The van der Waals surface area contributed by atoms with Gasteiger partial charge in [0.1, 0.15) is 23.4 Å². The van der Waals surface area contributed by atoms with Crippen LogP contribution in [0.5, 0.6) is 16.7 Å². The number of carbonyl (C=O) groups is 1. The molecule has 0 spiro atoms. The van der Waals surface area contributed by atoms with Gasteiger partial charge in [-0.15, -0.1) is 0 Å². The van der Waals surface area contributed by atoms with Crippen molar-refractivity contribution in [2.75, 3.05) is 0 Å². The predicted octanol–water partition coefficient (Wildman–Crippen LogP) is 4.85. The largest absolute Gasteiger partial charge is 0.488 e. The number of thiazole rings is 1. The van der Waals surface area contributed by atoms with Gasteiger partial charge in [0.15, 0.2) is 0 Å². The molecule has 2 unspecified atom stereocenters. The maximum atomic E-state index is 11.1. The smallest absolute Gasteiger partial charge is 0.279 e. The zero-order valence-electron chi connectivity index (χ0n) is 14.3. The Bertz CT molecular complexity index is 910. The van der Waals surface area contributed by atoms with Crippen LogP contribution < -0.4 is 9.47 Å². The van der Waals surface area contributed by atoms with E-state index < -0.39 is 12.2 Å². The van der Waals surface area contributed by atoms with Gasteiger partial charge in [-0.3, -0.25) is 4.79 Å². The first-order chi connectivity index (χ1) is 12.4. The number of hydrogen-bond acceptors (Lipinski definition) is 6. The Balaban J connectivity index is 1.64. The molecule has 0 amide bonds. The molecule has 26 heavy (non-hydrogen) atoms. The number of ketones is 1. The molecule has 7 heteroatoms. The summed E-state index contributed by atoms with van der Waals surface area (Å²) in [6.45, 7) is 3.17. The van der Waals surface area contributed by atoms with Crippen LogP contribution in [0.2, 0.25) is 5.02 Å². The minimum Gasteiger partial charge on any atom is -0.488 e. The summed E-state index contributed by atoms with van der Waals surface area (Å²) in [6.07, 6.45) is -1.25. The molecule has 2 aromatic carbocycles. The predicted molar refractivity (Wildman–Crippen MR) is 103 cm³/mol. The Morgan fingerprint density at radius 2 is 1.92 bits per heavy atom. The number of rotatable bonds is 7. The van der Waals surface area contributed by atoms with E-state index >= 15 is 0 Å². The fourth-order valence-electron chi connectivity index (χ4n) is 2.36. The van der Waals surface area contributed by atoms with Gasteiger partial charge >= 0.3 is 0 Å². The molecule has 3 aromatic rings. The summed E-state index contributed by atoms with van der Waals surface area (Å²) in [5.74, 6) is 1.14. The number of carbonyl (C=O) groups excluding carboxylic acids is 1. The molecule has 0 bridgehead atoms. The molecule has 0 saturated heterocycles. The third-order valence-electron chi connectivity index (χ3n) is 3.72. The van der Waals surface area contributed by atoms with Crippen LogP contribution in [-0.2, 0) is 4.79 Å². The average molecular weight is 392 g/mol. The van der Waals surface area contributed by atoms with Gasteiger partial charge in [0.05, 0.1) is 16.3 Å². The van der Waals surface area contributed by atoms with Crippen LogP contribution >= 0.6 is 22.9 Å². The second-order valence-corrected chi connectivity index (χ2v) is 7.39. The highest BCUT2D eigenvalue weighted by Crippen LogP contribution is 2.33. The van der Waals surface area contributed by atoms with Crippen LogP contribution in [0, 0.1) is 0 Å². The minimum atomic E-state index is -0.835. The number of Topliss-reactive ketones (excluding diaryl/α,β-unsaturated/α-hetero) is 1. The van der Waals surface area contributed by atoms with E-state index in [-0.39, 0.29) is 12.2 Å². The standard InChI is InChI=1S/C19H18ClNO4S/c1-11(22)9-17(23)12(2)24-14-4-6-15(7-5-14)25-19-21-16-8-3-13(20)10-18(16)26-19/h3-8,10,12,17,23H,9H2,1-2H3. The lowest BCUT2D eigenvalue weighted by Gasteiger charge is -2.19. The third kappa shape index (κ3) is 4.72. The monoisotopic (exact) mass is 391 g/mol. The first-order valence-electron chi connectivity index (χ1n) is 8.09. The van der Waals surface area contributed by atoms with Crippen molar-refractivity contribution in [2.24, 2.45) is 0 Å². The molecule has 0 aliphatic heterocycles. The Labute approximate surface area is 160 Å². The molecule has 0 saturated carbocycles.